The van der Waals surface area contributed by atoms with Crippen LogP contribution in [0.15, 0.2) is 130 Å². The van der Waals surface area contributed by atoms with Crippen LogP contribution >= 0.6 is 10.9 Å². The van der Waals surface area contributed by atoms with Crippen molar-refractivity contribution in [3.05, 3.63) is 115 Å². The quantitative estimate of drug-likeness (QED) is 0.0906. The first-order chi connectivity index (χ1) is 31.6. The number of carbonyl (C=O) groups excluding carboxylic acids is 2. The van der Waals surface area contributed by atoms with Crippen molar-refractivity contribution in [1.29, 1.82) is 0 Å². The maximum Gasteiger partial charge on any atom is 0.344 e. The first-order valence-electron chi connectivity index (χ1n) is 24.0. The van der Waals surface area contributed by atoms with Gasteiger partial charge in [0.2, 0.25) is 0 Å². The van der Waals surface area contributed by atoms with E-state index in [9.17, 15) is 9.59 Å². The number of rotatable bonds is 13. The molecule has 9 heteroatoms. The highest BCUT2D eigenvalue weighted by molar-refractivity contribution is 8.17. The number of esters is 2. The van der Waals surface area contributed by atoms with E-state index in [1.165, 1.54) is 78.9 Å². The molecule has 8 nitrogen and oxygen atoms in total. The first kappa shape index (κ1) is 41.1. The molecule has 336 valence electrons. The summed E-state index contributed by atoms with van der Waals surface area (Å²) in [5, 5.41) is 0. The lowest BCUT2D eigenvalue weighted by Gasteiger charge is -2.59. The Morgan fingerprint density at radius 1 is 0.462 bits per heavy atom. The number of thiol groups is 1. The molecule has 8 saturated carbocycles. The van der Waals surface area contributed by atoms with E-state index in [1.54, 1.807) is 0 Å². The maximum absolute atomic E-state index is 13.1. The SMILES string of the molecule is CC1(OC(=O)COc2ccc(Oc3ccc4c(c3)-c3cc(Oc5ccc(OCC(=O)OC6(C)C7CC8CC(C7)CC6C8)cc5)ccc3[SH]4c3ccccc3)cc2)C2CC3CC(C2)CC1C3. The standard InChI is InChI=1S/C56H58O8S/c1-55(38-22-34-20-35(24-38)25-39(55)23-34)63-53(57)32-59-42-8-12-44(13-9-42)61-46-16-18-51-49(30-46)50-31-47(17-19-52(50)65(51)48-6-4-3-5-7-48)62-45-14-10-43(11-15-45)60-33-54(58)64-56(2)40-26-36-21-37(28-40)29-41(56)27-36/h3-19,30-31,34-41,65H,20-29,32-33H2,1-2H3. The van der Waals surface area contributed by atoms with E-state index in [1.807, 2.05) is 60.7 Å². The van der Waals surface area contributed by atoms with Gasteiger partial charge in [-0.1, -0.05) is 18.2 Å². The molecule has 0 amide bonds. The Morgan fingerprint density at radius 2 is 0.815 bits per heavy atom. The molecule has 1 heterocycles. The number of ether oxygens (including phenoxy) is 6. The van der Waals surface area contributed by atoms with Gasteiger partial charge in [-0.05, 0) is 238 Å². The van der Waals surface area contributed by atoms with Gasteiger partial charge in [-0.15, -0.1) is 0 Å². The molecule has 5 aromatic rings. The minimum absolute atomic E-state index is 0.110. The molecule has 0 aromatic heterocycles. The van der Waals surface area contributed by atoms with Crippen molar-refractivity contribution in [3.8, 4) is 45.6 Å². The van der Waals surface area contributed by atoms with Crippen molar-refractivity contribution < 1.29 is 38.0 Å². The molecule has 0 radical (unpaired) electrons. The molecular formula is C56H58O8S. The van der Waals surface area contributed by atoms with Gasteiger partial charge in [0.1, 0.15) is 45.7 Å². The molecular weight excluding hydrogens is 833 g/mol. The van der Waals surface area contributed by atoms with Gasteiger partial charge in [0.15, 0.2) is 13.2 Å². The van der Waals surface area contributed by atoms with Crippen molar-refractivity contribution in [2.75, 3.05) is 13.2 Å². The summed E-state index contributed by atoms with van der Waals surface area (Å²) >= 11 is 0. The van der Waals surface area contributed by atoms with Crippen LogP contribution in [0.5, 0.6) is 34.5 Å². The fraction of sp³-hybridized carbons (Fsp3) is 0.429. The summed E-state index contributed by atoms with van der Waals surface area (Å²) < 4.78 is 37.1. The van der Waals surface area contributed by atoms with Gasteiger partial charge < -0.3 is 28.4 Å². The van der Waals surface area contributed by atoms with Gasteiger partial charge in [-0.25, -0.2) is 9.59 Å². The molecule has 8 bridgehead atoms. The Hall–Kier alpha value is -5.41. The zero-order valence-electron chi connectivity index (χ0n) is 37.3. The second kappa shape index (κ2) is 16.2. The summed E-state index contributed by atoms with van der Waals surface area (Å²) in [5.41, 5.74) is 1.49. The highest BCUT2D eigenvalue weighted by Crippen LogP contribution is 2.64. The van der Waals surface area contributed by atoms with Crippen molar-refractivity contribution in [1.82, 2.24) is 0 Å². The Bertz CT molecular complexity index is 2390. The summed E-state index contributed by atoms with van der Waals surface area (Å²) in [6.07, 6.45) is 12.2. The van der Waals surface area contributed by atoms with Crippen LogP contribution in [0.2, 0.25) is 0 Å². The van der Waals surface area contributed by atoms with Gasteiger partial charge in [0, 0.05) is 9.79 Å². The predicted octanol–water partition coefficient (Wildman–Crippen LogP) is 13.0. The van der Waals surface area contributed by atoms with Gasteiger partial charge >= 0.3 is 11.9 Å². The highest BCUT2D eigenvalue weighted by atomic mass is 32.2. The van der Waals surface area contributed by atoms with Crippen LogP contribution in [0, 0.1) is 47.3 Å². The fourth-order valence-electron chi connectivity index (χ4n) is 13.9. The van der Waals surface area contributed by atoms with Crippen molar-refractivity contribution in [2.24, 2.45) is 47.3 Å². The third-order valence-corrected chi connectivity index (χ3v) is 19.3. The molecule has 0 N–H and O–H groups in total. The molecule has 5 aromatic carbocycles. The molecule has 8 aliphatic carbocycles. The minimum Gasteiger partial charge on any atom is -0.482 e. The monoisotopic (exact) mass is 890 g/mol. The van der Waals surface area contributed by atoms with Crippen LogP contribution < -0.4 is 18.9 Å². The highest BCUT2D eigenvalue weighted by Gasteiger charge is 2.58. The first-order valence-corrected chi connectivity index (χ1v) is 25.3. The van der Waals surface area contributed by atoms with Crippen molar-refractivity contribution in [2.45, 2.75) is 104 Å². The van der Waals surface area contributed by atoms with Crippen LogP contribution in [0.4, 0.5) is 0 Å². The topological polar surface area (TPSA) is 89.5 Å². The molecule has 9 aliphatic rings. The Morgan fingerprint density at radius 3 is 1.20 bits per heavy atom. The van der Waals surface area contributed by atoms with E-state index in [4.69, 9.17) is 28.4 Å². The van der Waals surface area contributed by atoms with Crippen LogP contribution in [0.25, 0.3) is 11.1 Å². The van der Waals surface area contributed by atoms with E-state index in [2.05, 4.69) is 68.4 Å². The lowest BCUT2D eigenvalue weighted by molar-refractivity contribution is -0.205. The number of fused-ring (bicyclic) bond motifs is 3. The van der Waals surface area contributed by atoms with Crippen LogP contribution in [0.1, 0.15) is 78.1 Å². The summed E-state index contributed by atoms with van der Waals surface area (Å²) in [5.74, 6) is 8.56. The fourth-order valence-corrected chi connectivity index (χ4v) is 16.4. The number of hydrogen-bond donors (Lipinski definition) is 1. The zero-order valence-corrected chi connectivity index (χ0v) is 38.2. The number of carbonyl (C=O) groups is 2. The van der Waals surface area contributed by atoms with Crippen LogP contribution in [0.3, 0.4) is 0 Å². The predicted molar refractivity (Wildman–Crippen MR) is 249 cm³/mol. The summed E-state index contributed by atoms with van der Waals surface area (Å²) in [7, 11) is -0.788. The molecule has 14 rings (SSSR count). The minimum atomic E-state index is -0.788. The smallest absolute Gasteiger partial charge is 0.344 e. The largest absolute Gasteiger partial charge is 0.482 e. The molecule has 0 spiro atoms. The Kier molecular flexibility index (Phi) is 10.2. The average Bonchev–Trinajstić information content (AvgIpc) is 3.62. The lowest BCUT2D eigenvalue weighted by atomic mass is 9.50. The lowest BCUT2D eigenvalue weighted by Crippen LogP contribution is -2.58. The molecule has 1 aliphatic heterocycles. The van der Waals surface area contributed by atoms with Crippen molar-refractivity contribution in [3.63, 3.8) is 0 Å². The normalized spacial score (nSPS) is 32.3. The summed E-state index contributed by atoms with van der Waals surface area (Å²) in [4.78, 5) is 30.0. The Balaban J connectivity index is 0.695. The summed E-state index contributed by atoms with van der Waals surface area (Å²) in [6, 6.07) is 38.2. The zero-order chi connectivity index (χ0) is 43.9. The van der Waals surface area contributed by atoms with E-state index in [0.717, 1.165) is 46.3 Å². The molecule has 8 fully saturated rings. The second-order valence-corrected chi connectivity index (χ2v) is 22.8. The molecule has 65 heavy (non-hydrogen) atoms. The van der Waals surface area contributed by atoms with Gasteiger partial charge in [-0.2, -0.15) is 10.9 Å². The number of benzene rings is 5. The van der Waals surface area contributed by atoms with Gasteiger partial charge in [0.25, 0.3) is 0 Å². The van der Waals surface area contributed by atoms with E-state index < -0.39 is 10.9 Å². The van der Waals surface area contributed by atoms with Gasteiger partial charge in [-0.3, -0.25) is 0 Å². The van der Waals surface area contributed by atoms with E-state index in [0.29, 0.717) is 46.7 Å². The van der Waals surface area contributed by atoms with Gasteiger partial charge in [0.05, 0.1) is 0 Å². The third kappa shape index (κ3) is 7.65. The second-order valence-electron chi connectivity index (χ2n) is 20.7. The molecule has 0 atom stereocenters. The third-order valence-electron chi connectivity index (χ3n) is 16.7. The van der Waals surface area contributed by atoms with E-state index >= 15 is 0 Å². The molecule has 0 saturated heterocycles. The van der Waals surface area contributed by atoms with E-state index in [-0.39, 0.29) is 36.4 Å². The van der Waals surface area contributed by atoms with Crippen LogP contribution in [-0.4, -0.2) is 36.4 Å². The summed E-state index contributed by atoms with van der Waals surface area (Å²) in [6.45, 7) is 4.11. The van der Waals surface area contributed by atoms with Crippen LogP contribution in [-0.2, 0) is 19.1 Å². The van der Waals surface area contributed by atoms with Crippen molar-refractivity contribution >= 4 is 22.8 Å². The number of hydrogen-bond acceptors (Lipinski definition) is 8. The maximum atomic E-state index is 13.1. The average molecular weight is 891 g/mol. The molecule has 0 unspecified atom stereocenters. The Labute approximate surface area is 384 Å².